The lowest BCUT2D eigenvalue weighted by molar-refractivity contribution is 0.0933. The third-order valence-electron chi connectivity index (χ3n) is 6.05. The van der Waals surface area contributed by atoms with Crippen LogP contribution < -0.4 is 5.32 Å². The van der Waals surface area contributed by atoms with Crippen LogP contribution in [0, 0.1) is 13.8 Å². The van der Waals surface area contributed by atoms with Crippen molar-refractivity contribution in [1.29, 1.82) is 0 Å². The van der Waals surface area contributed by atoms with Crippen LogP contribution >= 0.6 is 11.3 Å². The van der Waals surface area contributed by atoms with Crippen molar-refractivity contribution in [2.45, 2.75) is 25.7 Å². The van der Waals surface area contributed by atoms with Gasteiger partial charge >= 0.3 is 6.09 Å². The molecule has 1 fully saturated rings. The minimum absolute atomic E-state index is 0.0925. The third-order valence-corrected chi connectivity index (χ3v) is 8.72. The molecule has 9 nitrogen and oxygen atoms in total. The number of sulfonamides is 1. The maximum atomic E-state index is 13.0. The van der Waals surface area contributed by atoms with E-state index in [1.165, 1.54) is 55.9 Å². The maximum absolute atomic E-state index is 13.0. The fourth-order valence-electron chi connectivity index (χ4n) is 3.79. The monoisotopic (exact) mass is 528 g/mol. The van der Waals surface area contributed by atoms with E-state index >= 15 is 0 Å². The van der Waals surface area contributed by atoms with Crippen LogP contribution in [-0.2, 0) is 14.8 Å². The molecule has 0 unspecified atom stereocenters. The number of hydrogen-bond donors (Lipinski definition) is 1. The predicted octanol–water partition coefficient (Wildman–Crippen LogP) is 4.14. The highest BCUT2D eigenvalue weighted by atomic mass is 32.2. The average Bonchev–Trinajstić information content (AvgIpc) is 3.34. The van der Waals surface area contributed by atoms with E-state index in [2.05, 4.69) is 23.3 Å². The summed E-state index contributed by atoms with van der Waals surface area (Å²) in [7, 11) is -3.75. The topological polar surface area (TPSA) is 109 Å². The molecule has 0 aliphatic carbocycles. The molecule has 3 aromatic rings. The predicted molar refractivity (Wildman–Crippen MR) is 139 cm³/mol. The molecule has 36 heavy (non-hydrogen) atoms. The highest BCUT2D eigenvalue weighted by molar-refractivity contribution is 7.89. The number of carbonyl (C=O) groups is 2. The van der Waals surface area contributed by atoms with Crippen molar-refractivity contribution < 1.29 is 22.7 Å². The first-order valence-electron chi connectivity index (χ1n) is 11.6. The number of hydrogen-bond acceptors (Lipinski definition) is 7. The molecule has 0 spiro atoms. The Morgan fingerprint density at radius 1 is 1.03 bits per heavy atom. The molecule has 190 valence electrons. The molecule has 4 rings (SSSR count). The van der Waals surface area contributed by atoms with Crippen LogP contribution in [0.2, 0.25) is 0 Å². The normalized spacial score (nSPS) is 14.5. The van der Waals surface area contributed by atoms with Crippen LogP contribution in [0.25, 0.3) is 11.3 Å². The molecule has 2 heterocycles. The number of nitrogens with zero attached hydrogens (tertiary/aromatic N) is 3. The Morgan fingerprint density at radius 2 is 1.72 bits per heavy atom. The third kappa shape index (κ3) is 5.58. The number of benzene rings is 2. The van der Waals surface area contributed by atoms with E-state index in [1.807, 2.05) is 24.4 Å². The maximum Gasteiger partial charge on any atom is 0.409 e. The highest BCUT2D eigenvalue weighted by Gasteiger charge is 2.30. The molecule has 1 aliphatic rings. The minimum Gasteiger partial charge on any atom is -0.450 e. The molecular formula is C25H28N4O5S2. The Kier molecular flexibility index (Phi) is 7.72. The summed E-state index contributed by atoms with van der Waals surface area (Å²) in [6.07, 6.45) is -0.439. The van der Waals surface area contributed by atoms with Gasteiger partial charge < -0.3 is 9.64 Å². The number of amides is 2. The summed E-state index contributed by atoms with van der Waals surface area (Å²) in [6.45, 7) is 6.96. The first-order valence-corrected chi connectivity index (χ1v) is 13.9. The van der Waals surface area contributed by atoms with Crippen LogP contribution in [0.3, 0.4) is 0 Å². The van der Waals surface area contributed by atoms with E-state index in [0.717, 1.165) is 11.3 Å². The Bertz CT molecular complexity index is 1360. The van der Waals surface area contributed by atoms with E-state index in [-0.39, 0.29) is 43.6 Å². The number of aromatic nitrogens is 1. The van der Waals surface area contributed by atoms with Gasteiger partial charge in [0.25, 0.3) is 5.91 Å². The lowest BCUT2D eigenvalue weighted by Gasteiger charge is -2.33. The summed E-state index contributed by atoms with van der Waals surface area (Å²) in [5.74, 6) is -0.372. The first kappa shape index (κ1) is 25.8. The Morgan fingerprint density at radius 3 is 2.36 bits per heavy atom. The van der Waals surface area contributed by atoms with Gasteiger partial charge in [0.2, 0.25) is 10.0 Å². The molecule has 0 saturated carbocycles. The molecule has 1 aromatic heterocycles. The summed E-state index contributed by atoms with van der Waals surface area (Å²) in [4.78, 5) is 30.7. The van der Waals surface area contributed by atoms with E-state index in [4.69, 9.17) is 4.74 Å². The van der Waals surface area contributed by atoms with Gasteiger partial charge in [-0.15, -0.1) is 11.3 Å². The highest BCUT2D eigenvalue weighted by Crippen LogP contribution is 2.27. The molecule has 0 radical (unpaired) electrons. The van der Waals surface area contributed by atoms with Gasteiger partial charge in [0.1, 0.15) is 0 Å². The Labute approximate surface area is 214 Å². The molecule has 0 atom stereocenters. The number of nitrogens with one attached hydrogen (secondary N) is 1. The van der Waals surface area contributed by atoms with Crippen molar-refractivity contribution in [1.82, 2.24) is 14.2 Å². The molecule has 1 N–H and O–H groups in total. The SMILES string of the molecule is CCOC(=O)N1CCN(S(=O)(=O)c2ccc(C(=O)Nc3nc(-c4ccc(C)c(C)c4)cs3)cc2)CC1. The van der Waals surface area contributed by atoms with Crippen LogP contribution in [0.15, 0.2) is 52.7 Å². The van der Waals surface area contributed by atoms with E-state index in [1.54, 1.807) is 6.92 Å². The summed E-state index contributed by atoms with van der Waals surface area (Å²) in [5, 5.41) is 5.13. The van der Waals surface area contributed by atoms with Crippen molar-refractivity contribution >= 4 is 38.5 Å². The van der Waals surface area contributed by atoms with Crippen LogP contribution in [0.4, 0.5) is 9.93 Å². The lowest BCUT2D eigenvalue weighted by atomic mass is 10.1. The average molecular weight is 529 g/mol. The zero-order chi connectivity index (χ0) is 25.9. The van der Waals surface area contributed by atoms with Crippen molar-refractivity contribution in [2.24, 2.45) is 0 Å². The second kappa shape index (κ2) is 10.8. The second-order valence-electron chi connectivity index (χ2n) is 8.41. The quantitative estimate of drug-likeness (QED) is 0.515. The summed E-state index contributed by atoms with van der Waals surface area (Å²) in [6, 6.07) is 11.9. The number of thiazole rings is 1. The van der Waals surface area contributed by atoms with E-state index in [0.29, 0.717) is 10.7 Å². The van der Waals surface area contributed by atoms with Crippen molar-refractivity contribution in [2.75, 3.05) is 38.1 Å². The van der Waals surface area contributed by atoms with Gasteiger partial charge in [0, 0.05) is 42.7 Å². The van der Waals surface area contributed by atoms with Crippen molar-refractivity contribution in [3.05, 3.63) is 64.5 Å². The summed E-state index contributed by atoms with van der Waals surface area (Å²) < 4.78 is 32.4. The number of piperazine rings is 1. The Balaban J connectivity index is 1.39. The number of ether oxygens (including phenoxy) is 1. The fourth-order valence-corrected chi connectivity index (χ4v) is 5.92. The lowest BCUT2D eigenvalue weighted by Crippen LogP contribution is -2.50. The van der Waals surface area contributed by atoms with E-state index in [9.17, 15) is 18.0 Å². The van der Waals surface area contributed by atoms with Crippen molar-refractivity contribution in [3.8, 4) is 11.3 Å². The van der Waals surface area contributed by atoms with Crippen LogP contribution in [0.5, 0.6) is 0 Å². The molecule has 1 saturated heterocycles. The number of carbonyl (C=O) groups excluding carboxylic acids is 2. The standard InChI is InChI=1S/C25H28N4O5S2/c1-4-34-25(31)28-11-13-29(14-12-28)36(32,33)21-9-7-19(8-10-21)23(30)27-24-26-22(16-35-24)20-6-5-17(2)18(3)15-20/h5-10,15-16H,4,11-14H2,1-3H3,(H,26,27,30). The zero-order valence-corrected chi connectivity index (χ0v) is 22.0. The molecule has 11 heteroatoms. The van der Waals surface area contributed by atoms with Crippen molar-refractivity contribution in [3.63, 3.8) is 0 Å². The zero-order valence-electron chi connectivity index (χ0n) is 20.4. The minimum atomic E-state index is -3.75. The van der Waals surface area contributed by atoms with Gasteiger partial charge in [-0.05, 0) is 62.2 Å². The molecule has 1 aliphatic heterocycles. The first-order chi connectivity index (χ1) is 17.2. The number of rotatable bonds is 6. The Hall–Kier alpha value is -3.28. The number of anilines is 1. The van der Waals surface area contributed by atoms with Gasteiger partial charge in [-0.3, -0.25) is 10.1 Å². The summed E-state index contributed by atoms with van der Waals surface area (Å²) in [5.41, 5.74) is 4.45. The smallest absolute Gasteiger partial charge is 0.409 e. The van der Waals surface area contributed by atoms with E-state index < -0.39 is 16.1 Å². The second-order valence-corrected chi connectivity index (χ2v) is 11.2. The summed E-state index contributed by atoms with van der Waals surface area (Å²) >= 11 is 1.33. The van der Waals surface area contributed by atoms with Gasteiger partial charge in [-0.2, -0.15) is 4.31 Å². The largest absolute Gasteiger partial charge is 0.450 e. The fraction of sp³-hybridized carbons (Fsp3) is 0.320. The molecular weight excluding hydrogens is 500 g/mol. The molecule has 2 amide bonds. The van der Waals surface area contributed by atoms with Gasteiger partial charge in [-0.1, -0.05) is 12.1 Å². The van der Waals surface area contributed by atoms with Gasteiger partial charge in [0.15, 0.2) is 5.13 Å². The van der Waals surface area contributed by atoms with Gasteiger partial charge in [-0.25, -0.2) is 18.2 Å². The van der Waals surface area contributed by atoms with Crippen LogP contribution in [0.1, 0.15) is 28.4 Å². The van der Waals surface area contributed by atoms with Crippen LogP contribution in [-0.4, -0.2) is 67.4 Å². The molecule has 0 bridgehead atoms. The van der Waals surface area contributed by atoms with Gasteiger partial charge in [0.05, 0.1) is 17.2 Å². The number of aryl methyl sites for hydroxylation is 2. The molecule has 2 aromatic carbocycles.